The monoisotopic (exact) mass is 182 g/mol. The minimum absolute atomic E-state index is 0.160. The Kier molecular flexibility index (Phi) is 2.96. The van der Waals surface area contributed by atoms with E-state index >= 15 is 0 Å². The predicted molar refractivity (Wildman–Crippen MR) is 57.4 cm³/mol. The molecule has 1 aromatic heterocycles. The van der Waals surface area contributed by atoms with Crippen molar-refractivity contribution >= 4 is 24.6 Å². The maximum Gasteiger partial charge on any atom is 0.140 e. The molecule has 0 bridgehead atoms. The van der Waals surface area contributed by atoms with E-state index in [9.17, 15) is 0 Å². The molecule has 3 heteroatoms. The average Bonchev–Trinajstić information content (AvgIpc) is 2.36. The van der Waals surface area contributed by atoms with Gasteiger partial charge in [-0.1, -0.05) is 25.4 Å². The smallest absolute Gasteiger partial charge is 0.140 e. The van der Waals surface area contributed by atoms with Gasteiger partial charge in [-0.2, -0.15) is 0 Å². The summed E-state index contributed by atoms with van der Waals surface area (Å²) >= 11 is 1.82. The van der Waals surface area contributed by atoms with E-state index in [1.165, 1.54) is 10.3 Å². The highest BCUT2D eigenvalue weighted by molar-refractivity contribution is 7.11. The van der Waals surface area contributed by atoms with Gasteiger partial charge in [0.1, 0.15) is 7.85 Å². The fourth-order valence-electron chi connectivity index (χ4n) is 1.22. The van der Waals surface area contributed by atoms with Crippen molar-refractivity contribution in [1.82, 2.24) is 0 Å². The summed E-state index contributed by atoms with van der Waals surface area (Å²) in [7, 11) is 3.88. The minimum atomic E-state index is 0.160. The molecule has 1 aromatic rings. The molecule has 0 aliphatic heterocycles. The van der Waals surface area contributed by atoms with E-state index in [2.05, 4.69) is 33.1 Å². The van der Waals surface area contributed by atoms with Gasteiger partial charge in [0.25, 0.3) is 0 Å². The summed E-state index contributed by atoms with van der Waals surface area (Å²) in [6.07, 6.45) is 0. The number of hydrogen-bond donors (Lipinski definition) is 0. The largest absolute Gasteiger partial charge is 0.384 e. The van der Waals surface area contributed by atoms with Crippen LogP contribution in [0.2, 0.25) is 0 Å². The molecule has 0 saturated heterocycles. The van der Waals surface area contributed by atoms with Gasteiger partial charge in [0.15, 0.2) is 0 Å². The summed E-state index contributed by atoms with van der Waals surface area (Å²) in [6.45, 7) is 5.20. The van der Waals surface area contributed by atoms with Gasteiger partial charge in [0.05, 0.1) is 6.61 Å². The van der Waals surface area contributed by atoms with Crippen LogP contribution in [0.4, 0.5) is 0 Å². The summed E-state index contributed by atoms with van der Waals surface area (Å²) in [5.74, 6) is 0. The molecule has 0 spiro atoms. The first-order valence-electron chi connectivity index (χ1n) is 4.11. The molecule has 1 rings (SSSR count). The van der Waals surface area contributed by atoms with E-state index in [0.29, 0.717) is 0 Å². The second-order valence-electron chi connectivity index (χ2n) is 3.81. The molecule has 0 unspecified atom stereocenters. The van der Waals surface area contributed by atoms with Crippen molar-refractivity contribution in [2.75, 3.05) is 13.7 Å². The quantitative estimate of drug-likeness (QED) is 0.632. The average molecular weight is 182 g/mol. The summed E-state index contributed by atoms with van der Waals surface area (Å²) in [5.41, 5.74) is 1.51. The van der Waals surface area contributed by atoms with Crippen molar-refractivity contribution in [2.24, 2.45) is 0 Å². The fraction of sp³-hybridized carbons (Fsp3) is 0.556. The van der Waals surface area contributed by atoms with Crippen LogP contribution in [-0.2, 0) is 10.2 Å². The van der Waals surface area contributed by atoms with Crippen LogP contribution in [0.1, 0.15) is 18.7 Å². The van der Waals surface area contributed by atoms with Crippen molar-refractivity contribution in [2.45, 2.75) is 19.3 Å². The van der Waals surface area contributed by atoms with E-state index < -0.39 is 0 Å². The van der Waals surface area contributed by atoms with E-state index in [1.807, 2.05) is 11.3 Å². The van der Waals surface area contributed by atoms with Crippen LogP contribution in [0.25, 0.3) is 0 Å². The van der Waals surface area contributed by atoms with Crippen molar-refractivity contribution in [3.05, 3.63) is 16.3 Å². The molecule has 0 aliphatic carbocycles. The topological polar surface area (TPSA) is 9.23 Å². The van der Waals surface area contributed by atoms with E-state index in [0.717, 1.165) is 6.61 Å². The number of thiophene rings is 1. The van der Waals surface area contributed by atoms with E-state index in [1.54, 1.807) is 7.11 Å². The molecule has 0 atom stereocenters. The first kappa shape index (κ1) is 9.81. The van der Waals surface area contributed by atoms with Crippen LogP contribution in [0.15, 0.2) is 11.4 Å². The molecule has 0 aromatic carbocycles. The molecule has 66 valence electrons. The highest BCUT2D eigenvalue weighted by Crippen LogP contribution is 2.26. The Balaban J connectivity index is 2.81. The summed E-state index contributed by atoms with van der Waals surface area (Å²) in [6, 6.07) is 2.24. The zero-order valence-corrected chi connectivity index (χ0v) is 8.99. The molecule has 1 nitrogen and oxygen atoms in total. The third kappa shape index (κ3) is 2.11. The van der Waals surface area contributed by atoms with Crippen molar-refractivity contribution in [3.8, 4) is 0 Å². The lowest BCUT2D eigenvalue weighted by atomic mass is 9.90. The molecule has 0 fully saturated rings. The summed E-state index contributed by atoms with van der Waals surface area (Å²) in [4.78, 5) is 1.40. The van der Waals surface area contributed by atoms with E-state index in [-0.39, 0.29) is 5.41 Å². The van der Waals surface area contributed by atoms with Crippen LogP contribution in [0.5, 0.6) is 0 Å². The lowest BCUT2D eigenvalue weighted by molar-refractivity contribution is 0.148. The highest BCUT2D eigenvalue weighted by Gasteiger charge is 2.21. The Labute approximate surface area is 79.2 Å². The second kappa shape index (κ2) is 3.63. The molecule has 0 radical (unpaired) electrons. The molecular weight excluding hydrogens is 167 g/mol. The SMILES string of the molecule is Bc1csc(C(C)(C)COC)c1. The third-order valence-electron chi connectivity index (χ3n) is 1.90. The first-order chi connectivity index (χ1) is 5.56. The van der Waals surface area contributed by atoms with Crippen molar-refractivity contribution in [3.63, 3.8) is 0 Å². The number of ether oxygens (including phenoxy) is 1. The lowest BCUT2D eigenvalue weighted by Gasteiger charge is -2.21. The first-order valence-corrected chi connectivity index (χ1v) is 4.99. The number of hydrogen-bond acceptors (Lipinski definition) is 2. The molecular formula is C9H15BOS. The van der Waals surface area contributed by atoms with Crippen LogP contribution >= 0.6 is 11.3 Å². The maximum atomic E-state index is 5.18. The molecule has 0 N–H and O–H groups in total. The standard InChI is InChI=1S/C9H15BOS/c1-9(2,6-11-3)8-4-7(10)5-12-8/h4-5H,6,10H2,1-3H3. The van der Waals surface area contributed by atoms with Crippen LogP contribution in [0, 0.1) is 0 Å². The minimum Gasteiger partial charge on any atom is -0.384 e. The number of rotatable bonds is 3. The van der Waals surface area contributed by atoms with Gasteiger partial charge in [-0.3, -0.25) is 0 Å². The van der Waals surface area contributed by atoms with Crippen LogP contribution < -0.4 is 5.46 Å². The van der Waals surface area contributed by atoms with Gasteiger partial charge in [-0.25, -0.2) is 0 Å². The molecule has 0 saturated carbocycles. The molecule has 1 heterocycles. The summed E-state index contributed by atoms with van der Waals surface area (Å²) < 4.78 is 5.18. The lowest BCUT2D eigenvalue weighted by Crippen LogP contribution is -2.22. The van der Waals surface area contributed by atoms with Crippen molar-refractivity contribution < 1.29 is 4.74 Å². The van der Waals surface area contributed by atoms with Gasteiger partial charge in [-0.05, 0) is 5.38 Å². The van der Waals surface area contributed by atoms with Gasteiger partial charge < -0.3 is 4.74 Å². The second-order valence-corrected chi connectivity index (χ2v) is 4.72. The van der Waals surface area contributed by atoms with Gasteiger partial charge in [0.2, 0.25) is 0 Å². The fourth-order valence-corrected chi connectivity index (χ4v) is 2.23. The van der Waals surface area contributed by atoms with E-state index in [4.69, 9.17) is 4.74 Å². The zero-order chi connectivity index (χ0) is 9.19. The Morgan fingerprint density at radius 1 is 1.58 bits per heavy atom. The van der Waals surface area contributed by atoms with Gasteiger partial charge >= 0.3 is 0 Å². The Bertz CT molecular complexity index is 255. The van der Waals surface area contributed by atoms with Crippen LogP contribution in [-0.4, -0.2) is 21.6 Å². The van der Waals surface area contributed by atoms with Crippen LogP contribution in [0.3, 0.4) is 0 Å². The molecule has 0 amide bonds. The van der Waals surface area contributed by atoms with Gasteiger partial charge in [0, 0.05) is 17.4 Å². The van der Waals surface area contributed by atoms with Gasteiger partial charge in [-0.15, -0.1) is 11.3 Å². The summed E-state index contributed by atoms with van der Waals surface area (Å²) in [5, 5.41) is 2.19. The Hall–Kier alpha value is -0.275. The molecule has 12 heavy (non-hydrogen) atoms. The predicted octanol–water partition coefficient (Wildman–Crippen LogP) is 0.931. The normalized spacial score (nSPS) is 11.9. The third-order valence-corrected chi connectivity index (χ3v) is 3.32. The molecule has 0 aliphatic rings. The maximum absolute atomic E-state index is 5.18. The Morgan fingerprint density at radius 3 is 2.67 bits per heavy atom. The Morgan fingerprint density at radius 2 is 2.25 bits per heavy atom. The van der Waals surface area contributed by atoms with Crippen molar-refractivity contribution in [1.29, 1.82) is 0 Å². The zero-order valence-electron chi connectivity index (χ0n) is 8.18. The highest BCUT2D eigenvalue weighted by atomic mass is 32.1. The number of methoxy groups -OCH3 is 1.